The molecule has 0 aliphatic carbocycles. The summed E-state index contributed by atoms with van der Waals surface area (Å²) in [6, 6.07) is 1.80. The highest BCUT2D eigenvalue weighted by molar-refractivity contribution is 5.90. The van der Waals surface area contributed by atoms with Crippen molar-refractivity contribution < 1.29 is 19.8 Å². The lowest BCUT2D eigenvalue weighted by molar-refractivity contribution is 0.0672. The van der Waals surface area contributed by atoms with Gasteiger partial charge in [-0.05, 0) is 6.92 Å². The SMILES string of the molecule is CCn1c(C(=O)O)cc(=O)cc1C(=O)O. The first-order valence-electron chi connectivity index (χ1n) is 4.18. The van der Waals surface area contributed by atoms with Crippen LogP contribution < -0.4 is 5.43 Å². The normalized spacial score (nSPS) is 9.93. The quantitative estimate of drug-likeness (QED) is 0.747. The number of aromatic carboxylic acids is 2. The van der Waals surface area contributed by atoms with Crippen molar-refractivity contribution in [3.8, 4) is 0 Å². The van der Waals surface area contributed by atoms with Gasteiger partial charge in [0, 0.05) is 18.7 Å². The molecule has 0 atom stereocenters. The molecule has 0 saturated heterocycles. The first-order chi connectivity index (χ1) is 6.97. The van der Waals surface area contributed by atoms with E-state index >= 15 is 0 Å². The lowest BCUT2D eigenvalue weighted by atomic mass is 10.2. The van der Waals surface area contributed by atoms with E-state index in [4.69, 9.17) is 10.2 Å². The van der Waals surface area contributed by atoms with E-state index in [1.807, 2.05) is 0 Å². The minimum Gasteiger partial charge on any atom is -0.477 e. The van der Waals surface area contributed by atoms with E-state index in [-0.39, 0.29) is 17.9 Å². The first-order valence-corrected chi connectivity index (χ1v) is 4.18. The van der Waals surface area contributed by atoms with E-state index in [0.29, 0.717) is 0 Å². The molecule has 0 unspecified atom stereocenters. The molecule has 6 nitrogen and oxygen atoms in total. The van der Waals surface area contributed by atoms with Gasteiger partial charge in [-0.25, -0.2) is 9.59 Å². The van der Waals surface area contributed by atoms with Gasteiger partial charge in [-0.3, -0.25) is 4.79 Å². The summed E-state index contributed by atoms with van der Waals surface area (Å²) in [4.78, 5) is 32.6. The molecular weight excluding hydrogens is 202 g/mol. The third kappa shape index (κ3) is 2.04. The van der Waals surface area contributed by atoms with E-state index in [1.165, 1.54) is 0 Å². The van der Waals surface area contributed by atoms with Crippen molar-refractivity contribution in [2.75, 3.05) is 0 Å². The molecule has 1 rings (SSSR count). The summed E-state index contributed by atoms with van der Waals surface area (Å²) in [6.45, 7) is 1.77. The summed E-state index contributed by atoms with van der Waals surface area (Å²) < 4.78 is 1.06. The van der Waals surface area contributed by atoms with Gasteiger partial charge in [0.05, 0.1) is 0 Å². The summed E-state index contributed by atoms with van der Waals surface area (Å²) in [5.74, 6) is -2.64. The number of carboxylic acid groups (broad SMARTS) is 2. The van der Waals surface area contributed by atoms with Gasteiger partial charge >= 0.3 is 11.9 Å². The van der Waals surface area contributed by atoms with Crippen LogP contribution in [0.3, 0.4) is 0 Å². The molecule has 0 spiro atoms. The molecular formula is C9H9NO5. The van der Waals surface area contributed by atoms with Crippen molar-refractivity contribution in [1.82, 2.24) is 4.57 Å². The fourth-order valence-corrected chi connectivity index (χ4v) is 1.29. The van der Waals surface area contributed by atoms with E-state index < -0.39 is 17.4 Å². The second kappa shape index (κ2) is 3.95. The average molecular weight is 211 g/mol. The summed E-state index contributed by atoms with van der Waals surface area (Å²) >= 11 is 0. The second-order valence-electron chi connectivity index (χ2n) is 2.82. The van der Waals surface area contributed by atoms with Gasteiger partial charge in [0.1, 0.15) is 11.4 Å². The largest absolute Gasteiger partial charge is 0.477 e. The Morgan fingerprint density at radius 1 is 1.20 bits per heavy atom. The summed E-state index contributed by atoms with van der Waals surface area (Å²) in [5, 5.41) is 17.5. The smallest absolute Gasteiger partial charge is 0.352 e. The summed E-state index contributed by atoms with van der Waals surface area (Å²) in [5.41, 5.74) is -1.26. The Hall–Kier alpha value is -2.11. The number of aromatic nitrogens is 1. The molecule has 0 amide bonds. The summed E-state index contributed by atoms with van der Waals surface area (Å²) in [6.07, 6.45) is 0. The molecule has 0 bridgehead atoms. The maximum absolute atomic E-state index is 11.0. The number of carbonyl (C=O) groups is 2. The fraction of sp³-hybridized carbons (Fsp3) is 0.222. The van der Waals surface area contributed by atoms with Gasteiger partial charge < -0.3 is 14.8 Å². The zero-order valence-corrected chi connectivity index (χ0v) is 7.93. The molecule has 0 aliphatic rings. The maximum Gasteiger partial charge on any atom is 0.352 e. The van der Waals surface area contributed by atoms with Crippen molar-refractivity contribution in [3.05, 3.63) is 33.7 Å². The van der Waals surface area contributed by atoms with Crippen molar-refractivity contribution in [2.45, 2.75) is 13.5 Å². The number of nitrogens with zero attached hydrogens (tertiary/aromatic N) is 1. The molecule has 1 aromatic rings. The molecule has 0 saturated carbocycles. The van der Waals surface area contributed by atoms with Gasteiger partial charge in [0.15, 0.2) is 5.43 Å². The highest BCUT2D eigenvalue weighted by Gasteiger charge is 2.16. The van der Waals surface area contributed by atoms with Crippen molar-refractivity contribution in [2.24, 2.45) is 0 Å². The predicted octanol–water partition coefficient (Wildman–Crippen LogP) is 0.265. The minimum atomic E-state index is -1.32. The third-order valence-electron chi connectivity index (χ3n) is 1.89. The number of rotatable bonds is 3. The monoisotopic (exact) mass is 211 g/mol. The van der Waals surface area contributed by atoms with Crippen LogP contribution in [0.15, 0.2) is 16.9 Å². The van der Waals surface area contributed by atoms with Gasteiger partial charge in [-0.1, -0.05) is 0 Å². The third-order valence-corrected chi connectivity index (χ3v) is 1.89. The van der Waals surface area contributed by atoms with Crippen LogP contribution in [0.5, 0.6) is 0 Å². The highest BCUT2D eigenvalue weighted by atomic mass is 16.4. The van der Waals surface area contributed by atoms with Gasteiger partial charge in [0.25, 0.3) is 0 Å². The molecule has 2 N–H and O–H groups in total. The van der Waals surface area contributed by atoms with Crippen LogP contribution in [0.25, 0.3) is 0 Å². The maximum atomic E-state index is 11.0. The second-order valence-corrected chi connectivity index (χ2v) is 2.82. The van der Waals surface area contributed by atoms with Crippen LogP contribution in [0.1, 0.15) is 27.9 Å². The number of hydrogen-bond donors (Lipinski definition) is 2. The Labute approximate surface area is 84.4 Å². The standard InChI is InChI=1S/C9H9NO5/c1-2-10-6(8(12)13)3-5(11)4-7(10)9(14)15/h3-4H,2H2,1H3,(H,12,13)(H,14,15). The number of carboxylic acids is 2. The topological polar surface area (TPSA) is 96.6 Å². The Kier molecular flexibility index (Phi) is 2.89. The lowest BCUT2D eigenvalue weighted by Gasteiger charge is -2.10. The molecule has 0 fully saturated rings. The minimum absolute atomic E-state index is 0.170. The van der Waals surface area contributed by atoms with E-state index in [9.17, 15) is 14.4 Å². The molecule has 6 heteroatoms. The van der Waals surface area contributed by atoms with E-state index in [2.05, 4.69) is 0 Å². The van der Waals surface area contributed by atoms with Crippen LogP contribution >= 0.6 is 0 Å². The predicted molar refractivity (Wildman–Crippen MR) is 50.3 cm³/mol. The summed E-state index contributed by atoms with van der Waals surface area (Å²) in [7, 11) is 0. The molecule has 80 valence electrons. The number of pyridine rings is 1. The van der Waals surface area contributed by atoms with E-state index in [1.54, 1.807) is 6.92 Å². The number of hydrogen-bond acceptors (Lipinski definition) is 3. The molecule has 0 radical (unpaired) electrons. The Balaban J connectivity index is 3.59. The van der Waals surface area contributed by atoms with Crippen molar-refractivity contribution >= 4 is 11.9 Å². The average Bonchev–Trinajstić information content (AvgIpc) is 2.16. The van der Waals surface area contributed by atoms with E-state index in [0.717, 1.165) is 16.7 Å². The Morgan fingerprint density at radius 3 is 1.87 bits per heavy atom. The highest BCUT2D eigenvalue weighted by Crippen LogP contribution is 2.04. The lowest BCUT2D eigenvalue weighted by Crippen LogP contribution is -2.22. The van der Waals surface area contributed by atoms with Gasteiger partial charge in [-0.15, -0.1) is 0 Å². The Morgan fingerprint density at radius 2 is 1.60 bits per heavy atom. The van der Waals surface area contributed by atoms with Crippen molar-refractivity contribution in [3.63, 3.8) is 0 Å². The molecule has 1 heterocycles. The van der Waals surface area contributed by atoms with Gasteiger partial charge in [0.2, 0.25) is 0 Å². The van der Waals surface area contributed by atoms with Crippen LogP contribution in [-0.4, -0.2) is 26.7 Å². The van der Waals surface area contributed by atoms with Crippen LogP contribution in [0.2, 0.25) is 0 Å². The molecule has 15 heavy (non-hydrogen) atoms. The first kappa shape index (κ1) is 11.0. The van der Waals surface area contributed by atoms with Gasteiger partial charge in [-0.2, -0.15) is 0 Å². The zero-order valence-electron chi connectivity index (χ0n) is 7.93. The fourth-order valence-electron chi connectivity index (χ4n) is 1.29. The molecule has 0 aliphatic heterocycles. The van der Waals surface area contributed by atoms with Crippen LogP contribution in [0.4, 0.5) is 0 Å². The molecule has 0 aromatic carbocycles. The van der Waals surface area contributed by atoms with Crippen LogP contribution in [-0.2, 0) is 6.54 Å². The van der Waals surface area contributed by atoms with Crippen LogP contribution in [0, 0.1) is 0 Å². The Bertz CT molecular complexity index is 436. The zero-order chi connectivity index (χ0) is 11.6. The molecule has 1 aromatic heterocycles. The van der Waals surface area contributed by atoms with Crippen molar-refractivity contribution in [1.29, 1.82) is 0 Å².